The first kappa shape index (κ1) is 16.8. The van der Waals surface area contributed by atoms with E-state index in [-0.39, 0.29) is 12.5 Å². The number of sulfonamides is 1. The molecule has 0 aliphatic carbocycles. The molecule has 1 amide bonds. The van der Waals surface area contributed by atoms with E-state index in [0.29, 0.717) is 30.1 Å². The summed E-state index contributed by atoms with van der Waals surface area (Å²) in [5, 5.41) is 3.23. The van der Waals surface area contributed by atoms with E-state index in [1.807, 2.05) is 6.92 Å². The first-order valence-electron chi connectivity index (χ1n) is 6.34. The smallest absolute Gasteiger partial charge is 0.232 e. The topological polar surface area (TPSA) is 66.5 Å². The molecule has 1 aromatic rings. The summed E-state index contributed by atoms with van der Waals surface area (Å²) < 4.78 is 24.9. The first-order valence-corrected chi connectivity index (χ1v) is 8.57. The van der Waals surface area contributed by atoms with Gasteiger partial charge in [-0.05, 0) is 37.6 Å². The van der Waals surface area contributed by atoms with Crippen LogP contribution in [-0.4, -0.2) is 33.7 Å². The average molecular weight is 319 g/mol. The van der Waals surface area contributed by atoms with Crippen molar-refractivity contribution in [2.45, 2.75) is 19.8 Å². The lowest BCUT2D eigenvalue weighted by atomic mass is 10.2. The van der Waals surface area contributed by atoms with Crippen molar-refractivity contribution < 1.29 is 13.2 Å². The van der Waals surface area contributed by atoms with Crippen LogP contribution in [0.15, 0.2) is 24.3 Å². The van der Waals surface area contributed by atoms with E-state index < -0.39 is 10.0 Å². The molecule has 0 spiro atoms. The van der Waals surface area contributed by atoms with E-state index in [1.165, 1.54) is 4.31 Å². The highest BCUT2D eigenvalue weighted by molar-refractivity contribution is 7.92. The van der Waals surface area contributed by atoms with Gasteiger partial charge in [-0.2, -0.15) is 0 Å². The van der Waals surface area contributed by atoms with Gasteiger partial charge in [0.2, 0.25) is 15.9 Å². The third-order valence-electron chi connectivity index (χ3n) is 2.65. The summed E-state index contributed by atoms with van der Waals surface area (Å²) in [5.41, 5.74) is 0.549. The fraction of sp³-hybridized carbons (Fsp3) is 0.462. The van der Waals surface area contributed by atoms with Crippen LogP contribution in [0, 0.1) is 0 Å². The Morgan fingerprint density at radius 2 is 1.90 bits per heavy atom. The number of hydrogen-bond donors (Lipinski definition) is 1. The molecule has 0 unspecified atom stereocenters. The zero-order valence-corrected chi connectivity index (χ0v) is 13.2. The van der Waals surface area contributed by atoms with Crippen LogP contribution in [0.25, 0.3) is 0 Å². The molecule has 0 fully saturated rings. The van der Waals surface area contributed by atoms with Gasteiger partial charge in [-0.3, -0.25) is 9.10 Å². The second-order valence-electron chi connectivity index (χ2n) is 4.37. The molecule has 0 heterocycles. The zero-order chi connectivity index (χ0) is 15.2. The van der Waals surface area contributed by atoms with Crippen molar-refractivity contribution in [2.24, 2.45) is 0 Å². The molecular weight excluding hydrogens is 300 g/mol. The summed E-state index contributed by atoms with van der Waals surface area (Å²) in [5.74, 6) is -0.0722. The number of carbonyl (C=O) groups is 1. The highest BCUT2D eigenvalue weighted by Crippen LogP contribution is 2.20. The molecule has 20 heavy (non-hydrogen) atoms. The number of rotatable bonds is 7. The predicted octanol–water partition coefficient (Wildman–Crippen LogP) is 2.02. The SMILES string of the molecule is CCNC(=O)CCCN(c1ccc(Cl)cc1)S(C)(=O)=O. The first-order chi connectivity index (χ1) is 9.34. The van der Waals surface area contributed by atoms with Crippen molar-refractivity contribution in [3.63, 3.8) is 0 Å². The fourth-order valence-electron chi connectivity index (χ4n) is 1.76. The van der Waals surface area contributed by atoms with Crippen LogP contribution in [0.2, 0.25) is 5.02 Å². The molecule has 1 aromatic carbocycles. The summed E-state index contributed by atoms with van der Waals surface area (Å²) in [6.07, 6.45) is 1.91. The number of nitrogens with zero attached hydrogens (tertiary/aromatic N) is 1. The van der Waals surface area contributed by atoms with E-state index in [9.17, 15) is 13.2 Å². The van der Waals surface area contributed by atoms with Gasteiger partial charge in [0, 0.05) is 24.5 Å². The van der Waals surface area contributed by atoms with Crippen molar-refractivity contribution in [2.75, 3.05) is 23.7 Å². The quantitative estimate of drug-likeness (QED) is 0.836. The number of halogens is 1. The molecule has 0 atom stereocenters. The van der Waals surface area contributed by atoms with E-state index in [0.717, 1.165) is 6.26 Å². The van der Waals surface area contributed by atoms with Gasteiger partial charge in [0.15, 0.2) is 0 Å². The van der Waals surface area contributed by atoms with Crippen molar-refractivity contribution in [3.8, 4) is 0 Å². The molecule has 0 aliphatic rings. The van der Waals surface area contributed by atoms with Gasteiger partial charge in [0.1, 0.15) is 0 Å². The molecule has 5 nitrogen and oxygen atoms in total. The van der Waals surface area contributed by atoms with Gasteiger partial charge in [0.25, 0.3) is 0 Å². The maximum absolute atomic E-state index is 11.8. The third kappa shape index (κ3) is 5.38. The van der Waals surface area contributed by atoms with Crippen LogP contribution in [-0.2, 0) is 14.8 Å². The molecule has 0 aliphatic heterocycles. The maximum Gasteiger partial charge on any atom is 0.232 e. The molecule has 1 N–H and O–H groups in total. The molecular formula is C13H19ClN2O3S. The Kier molecular flexibility index (Phi) is 6.29. The number of nitrogens with one attached hydrogen (secondary N) is 1. The second-order valence-corrected chi connectivity index (χ2v) is 6.71. The van der Waals surface area contributed by atoms with E-state index >= 15 is 0 Å². The van der Waals surface area contributed by atoms with Gasteiger partial charge < -0.3 is 5.32 Å². The van der Waals surface area contributed by atoms with Gasteiger partial charge in [-0.15, -0.1) is 0 Å². The van der Waals surface area contributed by atoms with Crippen molar-refractivity contribution in [1.82, 2.24) is 5.32 Å². The minimum atomic E-state index is -3.38. The van der Waals surface area contributed by atoms with Crippen LogP contribution in [0.1, 0.15) is 19.8 Å². The van der Waals surface area contributed by atoms with Gasteiger partial charge in [0.05, 0.1) is 11.9 Å². The van der Waals surface area contributed by atoms with Crippen LogP contribution in [0.3, 0.4) is 0 Å². The summed E-state index contributed by atoms with van der Waals surface area (Å²) in [7, 11) is -3.38. The van der Waals surface area contributed by atoms with Crippen molar-refractivity contribution >= 4 is 33.2 Å². The number of amides is 1. The second kappa shape index (κ2) is 7.50. The van der Waals surface area contributed by atoms with Crippen LogP contribution in [0.4, 0.5) is 5.69 Å². The van der Waals surface area contributed by atoms with Gasteiger partial charge in [-0.25, -0.2) is 8.42 Å². The molecule has 1 rings (SSSR count). The lowest BCUT2D eigenvalue weighted by Gasteiger charge is -2.22. The standard InChI is InChI=1S/C13H19ClN2O3S/c1-3-15-13(17)5-4-10-16(20(2,18)19)12-8-6-11(14)7-9-12/h6-9H,3-5,10H2,1-2H3,(H,15,17). The summed E-state index contributed by atoms with van der Waals surface area (Å²) in [6, 6.07) is 6.57. The normalized spacial score (nSPS) is 11.2. The highest BCUT2D eigenvalue weighted by atomic mass is 35.5. The molecule has 0 saturated heterocycles. The maximum atomic E-state index is 11.8. The van der Waals surface area contributed by atoms with E-state index in [4.69, 9.17) is 11.6 Å². The van der Waals surface area contributed by atoms with Gasteiger partial charge in [-0.1, -0.05) is 11.6 Å². The summed E-state index contributed by atoms with van der Waals surface area (Å²) in [4.78, 5) is 11.4. The average Bonchev–Trinajstić information content (AvgIpc) is 2.35. The number of anilines is 1. The Balaban J connectivity index is 2.72. The molecule has 0 saturated carbocycles. The Labute approximate surface area is 125 Å². The summed E-state index contributed by atoms with van der Waals surface area (Å²) >= 11 is 5.79. The van der Waals surface area contributed by atoms with E-state index in [1.54, 1.807) is 24.3 Å². The predicted molar refractivity (Wildman–Crippen MR) is 81.6 cm³/mol. The lowest BCUT2D eigenvalue weighted by Crippen LogP contribution is -2.32. The van der Waals surface area contributed by atoms with E-state index in [2.05, 4.69) is 5.32 Å². The molecule has 0 radical (unpaired) electrons. The van der Waals surface area contributed by atoms with Crippen molar-refractivity contribution in [3.05, 3.63) is 29.3 Å². The molecule has 112 valence electrons. The third-order valence-corrected chi connectivity index (χ3v) is 4.10. The summed E-state index contributed by atoms with van der Waals surface area (Å²) in [6.45, 7) is 2.68. The number of benzene rings is 1. The van der Waals surface area contributed by atoms with Crippen LogP contribution >= 0.6 is 11.6 Å². The molecule has 0 bridgehead atoms. The van der Waals surface area contributed by atoms with Crippen molar-refractivity contribution in [1.29, 1.82) is 0 Å². The monoisotopic (exact) mass is 318 g/mol. The Morgan fingerprint density at radius 1 is 1.30 bits per heavy atom. The molecule has 0 aromatic heterocycles. The Hall–Kier alpha value is -1.27. The molecule has 7 heteroatoms. The van der Waals surface area contributed by atoms with Crippen LogP contribution < -0.4 is 9.62 Å². The minimum absolute atomic E-state index is 0.0722. The van der Waals surface area contributed by atoms with Gasteiger partial charge >= 0.3 is 0 Å². The highest BCUT2D eigenvalue weighted by Gasteiger charge is 2.17. The fourth-order valence-corrected chi connectivity index (χ4v) is 2.85. The largest absolute Gasteiger partial charge is 0.356 e. The van der Waals surface area contributed by atoms with Crippen LogP contribution in [0.5, 0.6) is 0 Å². The Morgan fingerprint density at radius 3 is 2.40 bits per heavy atom. The minimum Gasteiger partial charge on any atom is -0.356 e. The zero-order valence-electron chi connectivity index (χ0n) is 11.6. The lowest BCUT2D eigenvalue weighted by molar-refractivity contribution is -0.121. The number of carbonyl (C=O) groups excluding carboxylic acids is 1. The number of hydrogen-bond acceptors (Lipinski definition) is 3. The Bertz CT molecular complexity index is 543.